The van der Waals surface area contributed by atoms with Crippen LogP contribution in [0.25, 0.3) is 0 Å². The molecule has 0 aromatic heterocycles. The van der Waals surface area contributed by atoms with Gasteiger partial charge in [-0.3, -0.25) is 0 Å². The molecule has 1 saturated carbocycles. The summed E-state index contributed by atoms with van der Waals surface area (Å²) in [5, 5.41) is 13.8. The van der Waals surface area contributed by atoms with Crippen molar-refractivity contribution < 1.29 is 5.11 Å². The van der Waals surface area contributed by atoms with Crippen LogP contribution in [0.5, 0.6) is 0 Å². The maximum Gasteiger partial charge on any atom is 0.0914 e. The summed E-state index contributed by atoms with van der Waals surface area (Å²) in [5.74, 6) is 0.547. The highest BCUT2D eigenvalue weighted by Crippen LogP contribution is 2.20. The van der Waals surface area contributed by atoms with Gasteiger partial charge in [0, 0.05) is 12.6 Å². The molecule has 0 heterocycles. The van der Waals surface area contributed by atoms with Gasteiger partial charge in [0.2, 0.25) is 0 Å². The van der Waals surface area contributed by atoms with E-state index in [1.165, 1.54) is 44.1 Å². The van der Waals surface area contributed by atoms with Crippen molar-refractivity contribution in [2.75, 3.05) is 6.54 Å². The summed E-state index contributed by atoms with van der Waals surface area (Å²) in [6.45, 7) is 5.06. The van der Waals surface area contributed by atoms with Crippen LogP contribution in [0.4, 0.5) is 0 Å². The Labute approximate surface area is 123 Å². The second-order valence-corrected chi connectivity index (χ2v) is 6.43. The van der Waals surface area contributed by atoms with Crippen molar-refractivity contribution in [3.63, 3.8) is 0 Å². The zero-order valence-electron chi connectivity index (χ0n) is 12.9. The van der Waals surface area contributed by atoms with Gasteiger partial charge in [-0.25, -0.2) is 0 Å². The molecule has 1 aromatic carbocycles. The summed E-state index contributed by atoms with van der Waals surface area (Å²) in [4.78, 5) is 0. The molecule has 0 aliphatic heterocycles. The second kappa shape index (κ2) is 7.80. The Bertz CT molecular complexity index is 377. The fourth-order valence-electron chi connectivity index (χ4n) is 2.98. The minimum atomic E-state index is -0.389. The largest absolute Gasteiger partial charge is 0.387 e. The van der Waals surface area contributed by atoms with Gasteiger partial charge < -0.3 is 10.4 Å². The third-order valence-corrected chi connectivity index (χ3v) is 4.44. The topological polar surface area (TPSA) is 32.3 Å². The van der Waals surface area contributed by atoms with E-state index in [1.54, 1.807) is 0 Å². The summed E-state index contributed by atoms with van der Waals surface area (Å²) in [7, 11) is 0. The van der Waals surface area contributed by atoms with Crippen LogP contribution in [-0.2, 0) is 0 Å². The summed E-state index contributed by atoms with van der Waals surface area (Å²) in [6, 6.07) is 9.00. The van der Waals surface area contributed by atoms with Gasteiger partial charge in [-0.1, -0.05) is 63.8 Å². The van der Waals surface area contributed by atoms with Gasteiger partial charge in [0.05, 0.1) is 6.10 Å². The van der Waals surface area contributed by atoms with E-state index in [-0.39, 0.29) is 6.10 Å². The molecule has 1 atom stereocenters. The molecule has 2 N–H and O–H groups in total. The van der Waals surface area contributed by atoms with Crippen LogP contribution in [0.15, 0.2) is 24.3 Å². The molecular formula is C18H29NO. The molecule has 2 rings (SSSR count). The van der Waals surface area contributed by atoms with Gasteiger partial charge in [-0.15, -0.1) is 0 Å². The lowest BCUT2D eigenvalue weighted by molar-refractivity contribution is 0.168. The quantitative estimate of drug-likeness (QED) is 0.791. The molecule has 1 aliphatic rings. The standard InChI is InChI=1S/C18H29NO/c1-14(2)15-9-11-16(12-10-15)18(20)13-19-17-7-5-3-4-6-8-17/h9-12,14,17-20H,3-8,13H2,1-2H3. The summed E-state index contributed by atoms with van der Waals surface area (Å²) in [5.41, 5.74) is 2.35. The maximum absolute atomic E-state index is 10.3. The predicted octanol–water partition coefficient (Wildman–Crippen LogP) is 4.16. The van der Waals surface area contributed by atoms with Crippen LogP contribution in [-0.4, -0.2) is 17.7 Å². The molecule has 0 amide bonds. The first-order valence-electron chi connectivity index (χ1n) is 8.18. The van der Waals surface area contributed by atoms with Gasteiger partial charge in [0.1, 0.15) is 0 Å². The maximum atomic E-state index is 10.3. The Morgan fingerprint density at radius 3 is 2.10 bits per heavy atom. The Balaban J connectivity index is 1.82. The van der Waals surface area contributed by atoms with E-state index in [2.05, 4.69) is 43.4 Å². The molecule has 1 fully saturated rings. The van der Waals surface area contributed by atoms with E-state index in [0.717, 1.165) is 5.56 Å². The van der Waals surface area contributed by atoms with Gasteiger partial charge in [0.15, 0.2) is 0 Å². The zero-order chi connectivity index (χ0) is 14.4. The molecule has 0 bridgehead atoms. The van der Waals surface area contributed by atoms with Crippen LogP contribution in [0.3, 0.4) is 0 Å². The third kappa shape index (κ3) is 4.60. The zero-order valence-corrected chi connectivity index (χ0v) is 12.9. The second-order valence-electron chi connectivity index (χ2n) is 6.43. The van der Waals surface area contributed by atoms with Crippen molar-refractivity contribution in [2.24, 2.45) is 0 Å². The monoisotopic (exact) mass is 275 g/mol. The van der Waals surface area contributed by atoms with Gasteiger partial charge in [-0.2, -0.15) is 0 Å². The molecule has 1 aromatic rings. The Kier molecular flexibility index (Phi) is 6.06. The minimum absolute atomic E-state index is 0.389. The molecule has 1 aliphatic carbocycles. The lowest BCUT2D eigenvalue weighted by Gasteiger charge is -2.19. The molecule has 1 unspecified atom stereocenters. The predicted molar refractivity (Wildman–Crippen MR) is 85.0 cm³/mol. The first-order valence-corrected chi connectivity index (χ1v) is 8.18. The highest BCUT2D eigenvalue weighted by Gasteiger charge is 2.14. The number of aliphatic hydroxyl groups is 1. The number of nitrogens with one attached hydrogen (secondary N) is 1. The van der Waals surface area contributed by atoms with Crippen molar-refractivity contribution in [1.29, 1.82) is 0 Å². The summed E-state index contributed by atoms with van der Waals surface area (Å²) >= 11 is 0. The minimum Gasteiger partial charge on any atom is -0.387 e. The van der Waals surface area contributed by atoms with Crippen LogP contribution in [0.1, 0.15) is 75.5 Å². The van der Waals surface area contributed by atoms with E-state index in [0.29, 0.717) is 18.5 Å². The Morgan fingerprint density at radius 1 is 1.00 bits per heavy atom. The number of benzene rings is 1. The smallest absolute Gasteiger partial charge is 0.0914 e. The fraction of sp³-hybridized carbons (Fsp3) is 0.667. The average Bonchev–Trinajstić information content (AvgIpc) is 2.73. The first kappa shape index (κ1) is 15.5. The first-order chi connectivity index (χ1) is 9.66. The lowest BCUT2D eigenvalue weighted by atomic mass is 10.00. The lowest BCUT2D eigenvalue weighted by Crippen LogP contribution is -2.32. The van der Waals surface area contributed by atoms with Gasteiger partial charge in [-0.05, 0) is 29.9 Å². The fourth-order valence-corrected chi connectivity index (χ4v) is 2.98. The number of hydrogen-bond donors (Lipinski definition) is 2. The van der Waals surface area contributed by atoms with E-state index < -0.39 is 0 Å². The van der Waals surface area contributed by atoms with E-state index in [9.17, 15) is 5.11 Å². The third-order valence-electron chi connectivity index (χ3n) is 4.44. The highest BCUT2D eigenvalue weighted by molar-refractivity contribution is 5.26. The molecule has 20 heavy (non-hydrogen) atoms. The van der Waals surface area contributed by atoms with Gasteiger partial charge >= 0.3 is 0 Å². The van der Waals surface area contributed by atoms with Crippen molar-refractivity contribution in [3.05, 3.63) is 35.4 Å². The molecule has 2 nitrogen and oxygen atoms in total. The average molecular weight is 275 g/mol. The van der Waals surface area contributed by atoms with Crippen LogP contribution in [0.2, 0.25) is 0 Å². The van der Waals surface area contributed by atoms with E-state index in [4.69, 9.17) is 0 Å². The number of hydrogen-bond acceptors (Lipinski definition) is 2. The Morgan fingerprint density at radius 2 is 1.55 bits per heavy atom. The SMILES string of the molecule is CC(C)c1ccc(C(O)CNC2CCCCCC2)cc1. The molecule has 112 valence electrons. The van der Waals surface area contributed by atoms with Crippen molar-refractivity contribution in [1.82, 2.24) is 5.32 Å². The van der Waals surface area contributed by atoms with Crippen LogP contribution in [0, 0.1) is 0 Å². The van der Waals surface area contributed by atoms with Gasteiger partial charge in [0.25, 0.3) is 0 Å². The summed E-state index contributed by atoms with van der Waals surface area (Å²) in [6.07, 6.45) is 7.54. The molecule has 0 saturated heterocycles. The van der Waals surface area contributed by atoms with E-state index >= 15 is 0 Å². The summed E-state index contributed by atoms with van der Waals surface area (Å²) < 4.78 is 0. The number of aliphatic hydroxyl groups excluding tert-OH is 1. The molecule has 0 spiro atoms. The molecule has 0 radical (unpaired) electrons. The van der Waals surface area contributed by atoms with E-state index in [1.807, 2.05) is 0 Å². The van der Waals surface area contributed by atoms with Crippen molar-refractivity contribution >= 4 is 0 Å². The van der Waals surface area contributed by atoms with Crippen molar-refractivity contribution in [2.45, 2.75) is 70.4 Å². The van der Waals surface area contributed by atoms with Crippen LogP contribution >= 0.6 is 0 Å². The molecule has 2 heteroatoms. The van der Waals surface area contributed by atoms with Crippen LogP contribution < -0.4 is 5.32 Å². The van der Waals surface area contributed by atoms with Crippen molar-refractivity contribution in [3.8, 4) is 0 Å². The normalized spacial score (nSPS) is 19.0. The Hall–Kier alpha value is -0.860. The molecular weight excluding hydrogens is 246 g/mol. The highest BCUT2D eigenvalue weighted by atomic mass is 16.3. The number of rotatable bonds is 5.